The average molecular weight is 410 g/mol. The van der Waals surface area contributed by atoms with Crippen molar-refractivity contribution in [1.29, 1.82) is 0 Å². The van der Waals surface area contributed by atoms with E-state index in [9.17, 15) is 13.2 Å². The minimum absolute atomic E-state index is 0.114. The monoisotopic (exact) mass is 410 g/mol. The zero-order chi connectivity index (χ0) is 20.9. The van der Waals surface area contributed by atoms with Crippen molar-refractivity contribution in [3.05, 3.63) is 97.0 Å². The van der Waals surface area contributed by atoms with Crippen LogP contribution in [0.15, 0.2) is 95.0 Å². The van der Waals surface area contributed by atoms with Gasteiger partial charge < -0.3 is 9.32 Å². The molecule has 0 aliphatic carbocycles. The van der Waals surface area contributed by atoms with Crippen LogP contribution >= 0.6 is 0 Å². The summed E-state index contributed by atoms with van der Waals surface area (Å²) in [5, 5.41) is 0. The highest BCUT2D eigenvalue weighted by Crippen LogP contribution is 2.24. The molecule has 0 radical (unpaired) electrons. The van der Waals surface area contributed by atoms with E-state index in [1.54, 1.807) is 80.0 Å². The summed E-state index contributed by atoms with van der Waals surface area (Å²) in [7, 11) is -2.06. The molecule has 0 aliphatic heterocycles. The van der Waals surface area contributed by atoms with Crippen LogP contribution in [0.5, 0.6) is 0 Å². The van der Waals surface area contributed by atoms with Gasteiger partial charge in [0.25, 0.3) is 15.9 Å². The van der Waals surface area contributed by atoms with Crippen molar-refractivity contribution in [2.24, 2.45) is 0 Å². The molecule has 0 saturated heterocycles. The highest BCUT2D eigenvalue weighted by atomic mass is 32.2. The predicted octanol–water partition coefficient (Wildman–Crippen LogP) is 3.93. The minimum atomic E-state index is -3.75. The molecule has 6 nitrogen and oxygen atoms in total. The zero-order valence-electron chi connectivity index (χ0n) is 16.1. The fourth-order valence-electron chi connectivity index (χ4n) is 2.88. The Morgan fingerprint density at radius 2 is 1.72 bits per heavy atom. The molecular weight excluding hydrogens is 388 g/mol. The number of carbonyl (C=O) groups excluding carboxylic acids is 1. The highest BCUT2D eigenvalue weighted by molar-refractivity contribution is 7.92. The first-order chi connectivity index (χ1) is 13.9. The number of rotatable bonds is 8. The number of sulfonamides is 1. The van der Waals surface area contributed by atoms with Gasteiger partial charge in [-0.25, -0.2) is 8.42 Å². The van der Waals surface area contributed by atoms with E-state index in [0.717, 1.165) is 0 Å². The van der Waals surface area contributed by atoms with Crippen LogP contribution in [0.4, 0.5) is 5.69 Å². The van der Waals surface area contributed by atoms with Gasteiger partial charge >= 0.3 is 0 Å². The van der Waals surface area contributed by atoms with Gasteiger partial charge in [0.2, 0.25) is 0 Å². The molecule has 0 atom stereocenters. The second-order valence-corrected chi connectivity index (χ2v) is 8.29. The Balaban J connectivity index is 1.83. The first kappa shape index (κ1) is 20.4. The molecule has 3 rings (SSSR count). The molecule has 7 heteroatoms. The maximum Gasteiger partial charge on any atom is 0.264 e. The van der Waals surface area contributed by atoms with Gasteiger partial charge in [0.1, 0.15) is 5.76 Å². The van der Waals surface area contributed by atoms with Gasteiger partial charge in [-0.3, -0.25) is 9.10 Å². The maximum atomic E-state index is 13.0. The van der Waals surface area contributed by atoms with E-state index in [1.165, 1.54) is 15.3 Å². The summed E-state index contributed by atoms with van der Waals surface area (Å²) in [4.78, 5) is 14.4. The summed E-state index contributed by atoms with van der Waals surface area (Å²) < 4.78 is 32.6. The summed E-state index contributed by atoms with van der Waals surface area (Å²) >= 11 is 0. The Morgan fingerprint density at radius 3 is 2.31 bits per heavy atom. The Morgan fingerprint density at radius 1 is 1.03 bits per heavy atom. The number of nitrogens with zero attached hydrogens (tertiary/aromatic N) is 2. The van der Waals surface area contributed by atoms with Crippen LogP contribution in [0.2, 0.25) is 0 Å². The fraction of sp³-hybridized carbons (Fsp3) is 0.136. The molecule has 0 bridgehead atoms. The summed E-state index contributed by atoms with van der Waals surface area (Å²) in [6.07, 6.45) is 3.08. The molecule has 150 valence electrons. The van der Waals surface area contributed by atoms with Crippen LogP contribution in [-0.4, -0.2) is 32.8 Å². The number of anilines is 1. The second kappa shape index (κ2) is 8.79. The number of benzene rings is 2. The molecule has 1 amide bonds. The molecule has 29 heavy (non-hydrogen) atoms. The lowest BCUT2D eigenvalue weighted by molar-refractivity contribution is 0.0775. The highest BCUT2D eigenvalue weighted by Gasteiger charge is 2.24. The fourth-order valence-corrected chi connectivity index (χ4v) is 4.33. The molecule has 2 aromatic carbocycles. The summed E-state index contributed by atoms with van der Waals surface area (Å²) in [6.45, 7) is 4.12. The predicted molar refractivity (Wildman–Crippen MR) is 112 cm³/mol. The van der Waals surface area contributed by atoms with Gasteiger partial charge in [0.05, 0.1) is 29.9 Å². The number of carbonyl (C=O) groups is 1. The third kappa shape index (κ3) is 4.57. The van der Waals surface area contributed by atoms with E-state index in [0.29, 0.717) is 23.6 Å². The van der Waals surface area contributed by atoms with Gasteiger partial charge in [-0.1, -0.05) is 24.3 Å². The molecule has 0 N–H and O–H groups in total. The minimum Gasteiger partial charge on any atom is -0.467 e. The molecule has 3 aromatic rings. The molecule has 1 aromatic heterocycles. The Kier molecular flexibility index (Phi) is 6.19. The molecular formula is C22H22N2O4S. The first-order valence-corrected chi connectivity index (χ1v) is 10.4. The molecule has 0 saturated carbocycles. The van der Waals surface area contributed by atoms with Crippen molar-refractivity contribution in [2.75, 3.05) is 17.9 Å². The SMILES string of the molecule is C=CCN(c1ccc(C(=O)N(C)Cc2ccco2)cc1)S(=O)(=O)c1ccccc1. The lowest BCUT2D eigenvalue weighted by Crippen LogP contribution is -2.31. The Bertz CT molecular complexity index is 1060. The topological polar surface area (TPSA) is 70.8 Å². The van der Waals surface area contributed by atoms with Gasteiger partial charge in [0, 0.05) is 12.6 Å². The van der Waals surface area contributed by atoms with Crippen molar-refractivity contribution in [1.82, 2.24) is 4.90 Å². The van der Waals surface area contributed by atoms with E-state index in [-0.39, 0.29) is 17.3 Å². The average Bonchev–Trinajstić information content (AvgIpc) is 3.25. The van der Waals surface area contributed by atoms with Gasteiger partial charge in [-0.15, -0.1) is 6.58 Å². The van der Waals surface area contributed by atoms with E-state index in [4.69, 9.17) is 4.42 Å². The van der Waals surface area contributed by atoms with Crippen molar-refractivity contribution < 1.29 is 17.6 Å². The number of hydrogen-bond acceptors (Lipinski definition) is 4. The number of furan rings is 1. The van der Waals surface area contributed by atoms with Crippen LogP contribution in [0.3, 0.4) is 0 Å². The van der Waals surface area contributed by atoms with Crippen LogP contribution in [0.25, 0.3) is 0 Å². The summed E-state index contributed by atoms with van der Waals surface area (Å²) in [6, 6.07) is 18.3. The lowest BCUT2D eigenvalue weighted by atomic mass is 10.2. The standard InChI is InChI=1S/C22H22N2O4S/c1-3-15-24(29(26,27)21-9-5-4-6-10-21)19-13-11-18(12-14-19)22(25)23(2)17-20-8-7-16-28-20/h3-14,16H,1,15,17H2,2H3. The van der Waals surface area contributed by atoms with Gasteiger partial charge in [0.15, 0.2) is 0 Å². The van der Waals surface area contributed by atoms with Crippen LogP contribution in [0.1, 0.15) is 16.1 Å². The number of amides is 1. The molecule has 0 unspecified atom stereocenters. The van der Waals surface area contributed by atoms with E-state index in [1.807, 2.05) is 0 Å². The maximum absolute atomic E-state index is 13.0. The van der Waals surface area contributed by atoms with Crippen LogP contribution in [0, 0.1) is 0 Å². The number of hydrogen-bond donors (Lipinski definition) is 0. The van der Waals surface area contributed by atoms with Crippen molar-refractivity contribution >= 4 is 21.6 Å². The third-order valence-electron chi connectivity index (χ3n) is 4.35. The van der Waals surface area contributed by atoms with Crippen LogP contribution < -0.4 is 4.31 Å². The van der Waals surface area contributed by atoms with Crippen molar-refractivity contribution in [3.8, 4) is 0 Å². The second-order valence-electron chi connectivity index (χ2n) is 6.43. The van der Waals surface area contributed by atoms with Crippen molar-refractivity contribution in [2.45, 2.75) is 11.4 Å². The lowest BCUT2D eigenvalue weighted by Gasteiger charge is -2.23. The molecule has 0 aliphatic rings. The van der Waals surface area contributed by atoms with Crippen LogP contribution in [-0.2, 0) is 16.6 Å². The summed E-state index contributed by atoms with van der Waals surface area (Å²) in [5.74, 6) is 0.498. The molecule has 1 heterocycles. The van der Waals surface area contributed by atoms with E-state index in [2.05, 4.69) is 6.58 Å². The Hall–Kier alpha value is -3.32. The Labute approximate surface area is 170 Å². The molecule has 0 fully saturated rings. The summed E-state index contributed by atoms with van der Waals surface area (Å²) in [5.41, 5.74) is 0.914. The van der Waals surface area contributed by atoms with Gasteiger partial charge in [-0.05, 0) is 48.5 Å². The molecule has 0 spiro atoms. The zero-order valence-corrected chi connectivity index (χ0v) is 16.9. The smallest absolute Gasteiger partial charge is 0.264 e. The van der Waals surface area contributed by atoms with Crippen molar-refractivity contribution in [3.63, 3.8) is 0 Å². The largest absolute Gasteiger partial charge is 0.467 e. The third-order valence-corrected chi connectivity index (χ3v) is 6.16. The van der Waals surface area contributed by atoms with E-state index < -0.39 is 10.0 Å². The first-order valence-electron chi connectivity index (χ1n) is 9.00. The van der Waals surface area contributed by atoms with E-state index >= 15 is 0 Å². The van der Waals surface area contributed by atoms with Gasteiger partial charge in [-0.2, -0.15) is 0 Å². The quantitative estimate of drug-likeness (QED) is 0.528. The normalized spacial score (nSPS) is 11.1.